The first-order chi connectivity index (χ1) is 7.19. The summed E-state index contributed by atoms with van der Waals surface area (Å²) in [5.41, 5.74) is 0. The van der Waals surface area contributed by atoms with Crippen LogP contribution in [0.1, 0.15) is 19.8 Å². The van der Waals surface area contributed by atoms with E-state index in [2.05, 4.69) is 5.32 Å². The predicted octanol–water partition coefficient (Wildman–Crippen LogP) is 0.479. The molecule has 1 saturated heterocycles. The lowest BCUT2D eigenvalue weighted by Crippen LogP contribution is -2.44. The minimum Gasteiger partial charge on any atom is -0.372 e. The number of amides is 1. The Kier molecular flexibility index (Phi) is 5.05. The first-order valence-electron chi connectivity index (χ1n) is 5.65. The van der Waals surface area contributed by atoms with Crippen molar-refractivity contribution in [2.45, 2.75) is 25.9 Å². The molecule has 0 spiro atoms. The highest BCUT2D eigenvalue weighted by Gasteiger charge is 2.25. The van der Waals surface area contributed by atoms with Crippen LogP contribution in [-0.4, -0.2) is 50.7 Å². The molecule has 0 aromatic heterocycles. The van der Waals surface area contributed by atoms with Crippen molar-refractivity contribution in [2.24, 2.45) is 5.92 Å². The predicted molar refractivity (Wildman–Crippen MR) is 59.7 cm³/mol. The molecule has 0 aromatic rings. The average Bonchev–Trinajstić information content (AvgIpc) is 2.28. The molecule has 1 atom stereocenters. The third-order valence-corrected chi connectivity index (χ3v) is 3.12. The fraction of sp³-hybridized carbons (Fsp3) is 0.909. The van der Waals surface area contributed by atoms with E-state index in [9.17, 15) is 4.79 Å². The van der Waals surface area contributed by atoms with Crippen molar-refractivity contribution in [3.8, 4) is 0 Å². The number of nitrogens with zero attached hydrogens (tertiary/aromatic N) is 1. The van der Waals surface area contributed by atoms with Gasteiger partial charge in [-0.25, -0.2) is 0 Å². The van der Waals surface area contributed by atoms with Gasteiger partial charge in [-0.2, -0.15) is 0 Å². The van der Waals surface area contributed by atoms with Gasteiger partial charge in [0.1, 0.15) is 6.10 Å². The van der Waals surface area contributed by atoms with Crippen LogP contribution in [0.2, 0.25) is 0 Å². The van der Waals surface area contributed by atoms with E-state index in [1.165, 1.54) is 0 Å². The highest BCUT2D eigenvalue weighted by Crippen LogP contribution is 2.17. The molecule has 1 unspecified atom stereocenters. The number of carbonyl (C=O) groups excluding carboxylic acids is 1. The zero-order valence-corrected chi connectivity index (χ0v) is 9.95. The van der Waals surface area contributed by atoms with Crippen LogP contribution in [0.4, 0.5) is 0 Å². The lowest BCUT2D eigenvalue weighted by atomic mass is 9.96. The first kappa shape index (κ1) is 12.5. The standard InChI is InChI=1S/C11H22N2O2/c1-9(15-3)11(14)13-6-4-10(5-7-13)8-12-2/h9-10,12H,4-8H2,1-3H3. The van der Waals surface area contributed by atoms with Crippen molar-refractivity contribution in [3.05, 3.63) is 0 Å². The van der Waals surface area contributed by atoms with Gasteiger partial charge in [0.15, 0.2) is 0 Å². The maximum atomic E-state index is 11.8. The zero-order valence-electron chi connectivity index (χ0n) is 9.95. The van der Waals surface area contributed by atoms with Crippen molar-refractivity contribution < 1.29 is 9.53 Å². The number of ether oxygens (including phenoxy) is 1. The van der Waals surface area contributed by atoms with Crippen LogP contribution in [0.25, 0.3) is 0 Å². The van der Waals surface area contributed by atoms with Gasteiger partial charge in [0.05, 0.1) is 0 Å². The Labute approximate surface area is 92.0 Å². The quantitative estimate of drug-likeness (QED) is 0.740. The van der Waals surface area contributed by atoms with Gasteiger partial charge >= 0.3 is 0 Å². The fourth-order valence-electron chi connectivity index (χ4n) is 2.00. The molecule has 1 N–H and O–H groups in total. The molecular formula is C11H22N2O2. The number of piperidine rings is 1. The first-order valence-corrected chi connectivity index (χ1v) is 5.65. The third kappa shape index (κ3) is 3.47. The fourth-order valence-corrected chi connectivity index (χ4v) is 2.00. The summed E-state index contributed by atoms with van der Waals surface area (Å²) in [4.78, 5) is 13.7. The maximum Gasteiger partial charge on any atom is 0.251 e. The van der Waals surface area contributed by atoms with E-state index >= 15 is 0 Å². The molecule has 4 heteroatoms. The van der Waals surface area contributed by atoms with E-state index in [4.69, 9.17) is 4.74 Å². The summed E-state index contributed by atoms with van der Waals surface area (Å²) in [6.07, 6.45) is 1.90. The largest absolute Gasteiger partial charge is 0.372 e. The Balaban J connectivity index is 2.33. The molecule has 1 heterocycles. The minimum atomic E-state index is -0.300. The minimum absolute atomic E-state index is 0.125. The molecule has 1 fully saturated rings. The number of rotatable bonds is 4. The molecule has 88 valence electrons. The number of carbonyl (C=O) groups is 1. The molecule has 15 heavy (non-hydrogen) atoms. The second-order valence-corrected chi connectivity index (χ2v) is 4.20. The van der Waals surface area contributed by atoms with Gasteiger partial charge in [-0.3, -0.25) is 4.79 Å². The third-order valence-electron chi connectivity index (χ3n) is 3.12. The van der Waals surface area contributed by atoms with Crippen LogP contribution in [0, 0.1) is 5.92 Å². The number of hydrogen-bond acceptors (Lipinski definition) is 3. The lowest BCUT2D eigenvalue weighted by molar-refractivity contribution is -0.142. The van der Waals surface area contributed by atoms with E-state index in [0.717, 1.165) is 38.4 Å². The van der Waals surface area contributed by atoms with Crippen LogP contribution in [0.15, 0.2) is 0 Å². The lowest BCUT2D eigenvalue weighted by Gasteiger charge is -2.33. The molecule has 1 amide bonds. The normalized spacial score (nSPS) is 20.3. The monoisotopic (exact) mass is 214 g/mol. The van der Waals surface area contributed by atoms with Crippen molar-refractivity contribution in [1.82, 2.24) is 10.2 Å². The van der Waals surface area contributed by atoms with Crippen LogP contribution < -0.4 is 5.32 Å². The Morgan fingerprint density at radius 3 is 2.60 bits per heavy atom. The average molecular weight is 214 g/mol. The van der Waals surface area contributed by atoms with Crippen LogP contribution >= 0.6 is 0 Å². The molecular weight excluding hydrogens is 192 g/mol. The van der Waals surface area contributed by atoms with Gasteiger partial charge in [-0.05, 0) is 39.3 Å². The molecule has 1 aliphatic rings. The van der Waals surface area contributed by atoms with Gasteiger partial charge < -0.3 is 15.0 Å². The van der Waals surface area contributed by atoms with Crippen LogP contribution in [0.5, 0.6) is 0 Å². The van der Waals surface area contributed by atoms with Gasteiger partial charge in [0.25, 0.3) is 5.91 Å². The van der Waals surface area contributed by atoms with E-state index in [1.807, 2.05) is 18.9 Å². The van der Waals surface area contributed by atoms with Gasteiger partial charge in [-0.1, -0.05) is 0 Å². The van der Waals surface area contributed by atoms with Crippen molar-refractivity contribution in [3.63, 3.8) is 0 Å². The highest BCUT2D eigenvalue weighted by molar-refractivity contribution is 5.80. The summed E-state index contributed by atoms with van der Waals surface area (Å²) in [6, 6.07) is 0. The van der Waals surface area contributed by atoms with Crippen molar-refractivity contribution >= 4 is 5.91 Å². The summed E-state index contributed by atoms with van der Waals surface area (Å²) in [5, 5.41) is 3.19. The molecule has 4 nitrogen and oxygen atoms in total. The Morgan fingerprint density at radius 1 is 1.53 bits per heavy atom. The van der Waals surface area contributed by atoms with E-state index in [1.54, 1.807) is 7.11 Å². The van der Waals surface area contributed by atoms with E-state index in [-0.39, 0.29) is 12.0 Å². The summed E-state index contributed by atoms with van der Waals surface area (Å²) in [6.45, 7) is 4.61. The molecule has 1 aliphatic heterocycles. The van der Waals surface area contributed by atoms with Crippen molar-refractivity contribution in [1.29, 1.82) is 0 Å². The number of hydrogen-bond donors (Lipinski definition) is 1. The molecule has 0 radical (unpaired) electrons. The van der Waals surface area contributed by atoms with Crippen LogP contribution in [0.3, 0.4) is 0 Å². The number of nitrogens with one attached hydrogen (secondary N) is 1. The van der Waals surface area contributed by atoms with Gasteiger partial charge in [-0.15, -0.1) is 0 Å². The molecule has 0 bridgehead atoms. The number of likely N-dealkylation sites (tertiary alicyclic amines) is 1. The molecule has 0 saturated carbocycles. The Hall–Kier alpha value is -0.610. The SMILES string of the molecule is CNCC1CCN(C(=O)C(C)OC)CC1. The molecule has 0 aromatic carbocycles. The number of methoxy groups -OCH3 is 1. The smallest absolute Gasteiger partial charge is 0.251 e. The molecule has 0 aliphatic carbocycles. The Bertz CT molecular complexity index is 201. The molecule has 1 rings (SSSR count). The van der Waals surface area contributed by atoms with Gasteiger partial charge in [0.2, 0.25) is 0 Å². The van der Waals surface area contributed by atoms with Crippen LogP contribution in [-0.2, 0) is 9.53 Å². The van der Waals surface area contributed by atoms with Gasteiger partial charge in [0, 0.05) is 20.2 Å². The summed E-state index contributed by atoms with van der Waals surface area (Å²) < 4.78 is 5.04. The highest BCUT2D eigenvalue weighted by atomic mass is 16.5. The van der Waals surface area contributed by atoms with E-state index in [0.29, 0.717) is 0 Å². The maximum absolute atomic E-state index is 11.8. The van der Waals surface area contributed by atoms with E-state index < -0.39 is 0 Å². The van der Waals surface area contributed by atoms with Crippen molar-refractivity contribution in [2.75, 3.05) is 33.8 Å². The zero-order chi connectivity index (χ0) is 11.3. The summed E-state index contributed by atoms with van der Waals surface area (Å²) in [5.74, 6) is 0.845. The summed E-state index contributed by atoms with van der Waals surface area (Å²) >= 11 is 0. The second-order valence-electron chi connectivity index (χ2n) is 4.20. The Morgan fingerprint density at radius 2 is 2.13 bits per heavy atom. The second kappa shape index (κ2) is 6.08. The summed E-state index contributed by atoms with van der Waals surface area (Å²) in [7, 11) is 3.56. The topological polar surface area (TPSA) is 41.6 Å².